The number of likely N-dealkylation sites (tertiary alicyclic amines) is 1. The molecule has 0 aliphatic carbocycles. The third kappa shape index (κ3) is 3.87. The number of carbonyl (C=O) groups is 1. The quantitative estimate of drug-likeness (QED) is 0.653. The second-order valence-electron chi connectivity index (χ2n) is 7.48. The van der Waals surface area contributed by atoms with Crippen LogP contribution in [0.2, 0.25) is 0 Å². The SMILES string of the molecule is CCOc1ccc(C(=O)N2CCCC(c3nn(C)c(=O)n3-c3ccccc3)C2)cc1. The number of hydrogen-bond acceptors (Lipinski definition) is 4. The number of benzene rings is 2. The zero-order valence-electron chi connectivity index (χ0n) is 17.3. The first kappa shape index (κ1) is 19.9. The average molecular weight is 406 g/mol. The fourth-order valence-corrected chi connectivity index (χ4v) is 3.98. The van der Waals surface area contributed by atoms with Crippen LogP contribution in [0.3, 0.4) is 0 Å². The Morgan fingerprint density at radius 2 is 1.87 bits per heavy atom. The van der Waals surface area contributed by atoms with Gasteiger partial charge in [-0.3, -0.25) is 4.79 Å². The van der Waals surface area contributed by atoms with E-state index >= 15 is 0 Å². The molecule has 1 atom stereocenters. The maximum atomic E-state index is 13.1. The van der Waals surface area contributed by atoms with Crippen LogP contribution in [-0.2, 0) is 7.05 Å². The lowest BCUT2D eigenvalue weighted by Gasteiger charge is -2.32. The van der Waals surface area contributed by atoms with E-state index in [0.717, 1.165) is 24.3 Å². The van der Waals surface area contributed by atoms with Gasteiger partial charge in [0, 0.05) is 31.6 Å². The van der Waals surface area contributed by atoms with E-state index in [-0.39, 0.29) is 17.5 Å². The van der Waals surface area contributed by atoms with Gasteiger partial charge in [-0.15, -0.1) is 0 Å². The summed E-state index contributed by atoms with van der Waals surface area (Å²) < 4.78 is 8.49. The molecule has 1 saturated heterocycles. The molecule has 2 aromatic carbocycles. The van der Waals surface area contributed by atoms with Crippen molar-refractivity contribution in [2.45, 2.75) is 25.7 Å². The highest BCUT2D eigenvalue weighted by Crippen LogP contribution is 2.27. The summed E-state index contributed by atoms with van der Waals surface area (Å²) in [7, 11) is 1.66. The minimum Gasteiger partial charge on any atom is -0.494 e. The summed E-state index contributed by atoms with van der Waals surface area (Å²) in [6, 6.07) is 16.8. The number of aryl methyl sites for hydroxylation is 1. The Morgan fingerprint density at radius 1 is 1.13 bits per heavy atom. The highest BCUT2D eigenvalue weighted by molar-refractivity contribution is 5.94. The Bertz CT molecular complexity index is 1070. The van der Waals surface area contributed by atoms with Gasteiger partial charge in [0.05, 0.1) is 12.3 Å². The molecule has 0 bridgehead atoms. The van der Waals surface area contributed by atoms with Gasteiger partial charge in [0.15, 0.2) is 0 Å². The van der Waals surface area contributed by atoms with E-state index in [4.69, 9.17) is 4.74 Å². The molecular weight excluding hydrogens is 380 g/mol. The fourth-order valence-electron chi connectivity index (χ4n) is 3.98. The number of piperidine rings is 1. The number of amides is 1. The molecule has 7 heteroatoms. The molecule has 0 saturated carbocycles. The van der Waals surface area contributed by atoms with Crippen LogP contribution >= 0.6 is 0 Å². The summed E-state index contributed by atoms with van der Waals surface area (Å²) in [4.78, 5) is 27.6. The first-order chi connectivity index (χ1) is 14.6. The minimum atomic E-state index is -0.175. The van der Waals surface area contributed by atoms with Gasteiger partial charge in [0.25, 0.3) is 5.91 Å². The van der Waals surface area contributed by atoms with Crippen molar-refractivity contribution in [1.29, 1.82) is 0 Å². The molecular formula is C23H26N4O3. The molecule has 7 nitrogen and oxygen atoms in total. The Hall–Kier alpha value is -3.35. The van der Waals surface area contributed by atoms with Crippen LogP contribution in [0.15, 0.2) is 59.4 Å². The van der Waals surface area contributed by atoms with Crippen molar-refractivity contribution >= 4 is 5.91 Å². The Balaban J connectivity index is 1.58. The van der Waals surface area contributed by atoms with Crippen LogP contribution in [0.5, 0.6) is 5.75 Å². The lowest BCUT2D eigenvalue weighted by Crippen LogP contribution is -2.40. The fraction of sp³-hybridized carbons (Fsp3) is 0.348. The molecule has 30 heavy (non-hydrogen) atoms. The summed E-state index contributed by atoms with van der Waals surface area (Å²) in [5.74, 6) is 1.45. The molecule has 1 amide bonds. The van der Waals surface area contributed by atoms with Crippen molar-refractivity contribution in [1.82, 2.24) is 19.2 Å². The van der Waals surface area contributed by atoms with Gasteiger partial charge >= 0.3 is 5.69 Å². The van der Waals surface area contributed by atoms with E-state index in [1.54, 1.807) is 23.7 Å². The Kier molecular flexibility index (Phi) is 5.70. The molecule has 0 spiro atoms. The lowest BCUT2D eigenvalue weighted by molar-refractivity contribution is 0.0704. The molecule has 1 fully saturated rings. The maximum absolute atomic E-state index is 13.1. The Labute approximate surface area is 175 Å². The summed E-state index contributed by atoms with van der Waals surface area (Å²) in [6.07, 6.45) is 1.75. The molecule has 1 unspecified atom stereocenters. The molecule has 4 rings (SSSR count). The van der Waals surface area contributed by atoms with Crippen molar-refractivity contribution < 1.29 is 9.53 Å². The summed E-state index contributed by atoms with van der Waals surface area (Å²) in [6.45, 7) is 3.76. The molecule has 2 heterocycles. The van der Waals surface area contributed by atoms with Gasteiger partial charge in [-0.1, -0.05) is 18.2 Å². The van der Waals surface area contributed by atoms with E-state index < -0.39 is 0 Å². The molecule has 0 N–H and O–H groups in total. The predicted molar refractivity (Wildman–Crippen MR) is 114 cm³/mol. The van der Waals surface area contributed by atoms with Crippen molar-refractivity contribution in [3.8, 4) is 11.4 Å². The first-order valence-corrected chi connectivity index (χ1v) is 10.3. The van der Waals surface area contributed by atoms with Crippen molar-refractivity contribution in [2.24, 2.45) is 7.05 Å². The van der Waals surface area contributed by atoms with Crippen LogP contribution in [0.1, 0.15) is 41.9 Å². The first-order valence-electron chi connectivity index (χ1n) is 10.3. The summed E-state index contributed by atoms with van der Waals surface area (Å²) in [5, 5.41) is 4.52. The van der Waals surface area contributed by atoms with Crippen molar-refractivity contribution in [3.63, 3.8) is 0 Å². The van der Waals surface area contributed by atoms with Gasteiger partial charge in [-0.25, -0.2) is 14.0 Å². The Morgan fingerprint density at radius 3 is 2.57 bits per heavy atom. The van der Waals surface area contributed by atoms with E-state index in [1.807, 2.05) is 54.3 Å². The van der Waals surface area contributed by atoms with Gasteiger partial charge in [0.2, 0.25) is 0 Å². The average Bonchev–Trinajstić information content (AvgIpc) is 3.09. The maximum Gasteiger partial charge on any atom is 0.350 e. The smallest absolute Gasteiger partial charge is 0.350 e. The number of hydrogen-bond donors (Lipinski definition) is 0. The van der Waals surface area contributed by atoms with Crippen LogP contribution < -0.4 is 10.4 Å². The minimum absolute atomic E-state index is 0.000459. The topological polar surface area (TPSA) is 69.4 Å². The third-order valence-electron chi connectivity index (χ3n) is 5.45. The highest BCUT2D eigenvalue weighted by Gasteiger charge is 2.30. The van der Waals surface area contributed by atoms with Crippen LogP contribution in [0.4, 0.5) is 0 Å². The third-order valence-corrected chi connectivity index (χ3v) is 5.45. The lowest BCUT2D eigenvalue weighted by atomic mass is 9.96. The van der Waals surface area contributed by atoms with E-state index in [1.165, 1.54) is 4.68 Å². The van der Waals surface area contributed by atoms with Gasteiger partial charge in [-0.2, -0.15) is 5.10 Å². The van der Waals surface area contributed by atoms with Crippen LogP contribution in [0, 0.1) is 0 Å². The van der Waals surface area contributed by atoms with Gasteiger partial charge in [-0.05, 0) is 56.2 Å². The molecule has 156 valence electrons. The summed E-state index contributed by atoms with van der Waals surface area (Å²) in [5.41, 5.74) is 1.26. The zero-order chi connectivity index (χ0) is 21.1. The molecule has 3 aromatic rings. The zero-order valence-corrected chi connectivity index (χ0v) is 17.3. The number of rotatable bonds is 5. The number of carbonyl (C=O) groups excluding carboxylic acids is 1. The van der Waals surface area contributed by atoms with Gasteiger partial charge < -0.3 is 9.64 Å². The van der Waals surface area contributed by atoms with Crippen molar-refractivity contribution in [3.05, 3.63) is 76.5 Å². The molecule has 1 aliphatic rings. The second kappa shape index (κ2) is 8.57. The van der Waals surface area contributed by atoms with Crippen LogP contribution in [0.25, 0.3) is 5.69 Å². The number of nitrogens with zero attached hydrogens (tertiary/aromatic N) is 4. The highest BCUT2D eigenvalue weighted by atomic mass is 16.5. The largest absolute Gasteiger partial charge is 0.494 e. The number of aromatic nitrogens is 3. The molecule has 0 radical (unpaired) electrons. The standard InChI is InChI=1S/C23H26N4O3/c1-3-30-20-13-11-17(12-14-20)22(28)26-15-7-8-18(16-26)21-24-25(2)23(29)27(21)19-9-5-4-6-10-19/h4-6,9-14,18H,3,7-8,15-16H2,1-2H3. The number of para-hydroxylation sites is 1. The predicted octanol–water partition coefficient (Wildman–Crippen LogP) is 2.99. The monoisotopic (exact) mass is 406 g/mol. The van der Waals surface area contributed by atoms with E-state index in [0.29, 0.717) is 31.1 Å². The molecule has 1 aromatic heterocycles. The normalized spacial score (nSPS) is 16.5. The summed E-state index contributed by atoms with van der Waals surface area (Å²) >= 11 is 0. The molecule has 1 aliphatic heterocycles. The van der Waals surface area contributed by atoms with Gasteiger partial charge in [0.1, 0.15) is 11.6 Å². The van der Waals surface area contributed by atoms with Crippen molar-refractivity contribution in [2.75, 3.05) is 19.7 Å². The number of ether oxygens (including phenoxy) is 1. The van der Waals surface area contributed by atoms with E-state index in [9.17, 15) is 9.59 Å². The van der Waals surface area contributed by atoms with E-state index in [2.05, 4.69) is 5.10 Å². The van der Waals surface area contributed by atoms with Crippen LogP contribution in [-0.4, -0.2) is 44.9 Å². The second-order valence-corrected chi connectivity index (χ2v) is 7.48.